The van der Waals surface area contributed by atoms with Crippen molar-refractivity contribution in [3.05, 3.63) is 45.4 Å². The number of halogens is 1. The molecule has 1 saturated heterocycles. The largest absolute Gasteiger partial charge is 0.341 e. The summed E-state index contributed by atoms with van der Waals surface area (Å²) < 4.78 is 2.09. The van der Waals surface area contributed by atoms with E-state index in [9.17, 15) is 0 Å². The smallest absolute Gasteiger partial charge is 0.232 e. The Morgan fingerprint density at radius 1 is 1.19 bits per heavy atom. The van der Waals surface area contributed by atoms with E-state index in [-0.39, 0.29) is 0 Å². The summed E-state index contributed by atoms with van der Waals surface area (Å²) >= 11 is 9.86. The van der Waals surface area contributed by atoms with Crippen molar-refractivity contribution in [1.82, 2.24) is 19.7 Å². The lowest BCUT2D eigenvalue weighted by atomic mass is 10.3. The molecule has 1 aromatic carbocycles. The minimum absolute atomic E-state index is 0.705. The molecule has 0 unspecified atom stereocenters. The van der Waals surface area contributed by atoms with Gasteiger partial charge in [0.25, 0.3) is 0 Å². The number of anilines is 1. The molecule has 1 aliphatic rings. The highest BCUT2D eigenvalue weighted by Gasteiger charge is 2.23. The lowest BCUT2D eigenvalue weighted by Crippen LogP contribution is -2.22. The number of aryl methyl sites for hydroxylation is 1. The predicted molar refractivity (Wildman–Crippen MR) is 109 cm³/mol. The van der Waals surface area contributed by atoms with Crippen LogP contribution in [0.15, 0.2) is 34.8 Å². The molecule has 136 valence electrons. The number of hydrogen-bond donors (Lipinski definition) is 0. The zero-order valence-electron chi connectivity index (χ0n) is 14.6. The Morgan fingerprint density at radius 3 is 2.73 bits per heavy atom. The number of benzene rings is 1. The first kappa shape index (κ1) is 17.8. The molecule has 0 amide bonds. The monoisotopic (exact) mass is 405 g/mol. The van der Waals surface area contributed by atoms with E-state index < -0.39 is 0 Å². The molecule has 0 N–H and O–H groups in total. The van der Waals surface area contributed by atoms with Gasteiger partial charge in [-0.05, 0) is 31.4 Å². The van der Waals surface area contributed by atoms with E-state index >= 15 is 0 Å². The Morgan fingerprint density at radius 2 is 2.00 bits per heavy atom. The third kappa shape index (κ3) is 3.61. The minimum Gasteiger partial charge on any atom is -0.341 e. The zero-order valence-corrected chi connectivity index (χ0v) is 16.9. The van der Waals surface area contributed by atoms with Crippen LogP contribution in [0.3, 0.4) is 0 Å². The molecule has 0 atom stereocenters. The molecule has 1 aliphatic heterocycles. The van der Waals surface area contributed by atoms with Crippen LogP contribution in [0.25, 0.3) is 5.69 Å². The maximum atomic E-state index is 6.49. The lowest BCUT2D eigenvalue weighted by Gasteiger charge is -2.19. The second kappa shape index (κ2) is 7.98. The molecule has 5 nitrogen and oxygen atoms in total. The number of hydrogen-bond acceptors (Lipinski definition) is 6. The van der Waals surface area contributed by atoms with Gasteiger partial charge in [0.1, 0.15) is 0 Å². The SMILES string of the molecule is CCc1nc(CSc2nnc(N3CCCC3)n2-c2ccccc2Cl)cs1. The fraction of sp³-hybridized carbons (Fsp3) is 0.389. The van der Waals surface area contributed by atoms with Crippen LogP contribution in [0.2, 0.25) is 5.02 Å². The Balaban J connectivity index is 1.66. The quantitative estimate of drug-likeness (QED) is 0.549. The summed E-state index contributed by atoms with van der Waals surface area (Å²) in [7, 11) is 0. The van der Waals surface area contributed by atoms with Crippen molar-refractivity contribution in [2.24, 2.45) is 0 Å². The van der Waals surface area contributed by atoms with E-state index in [1.165, 1.54) is 17.8 Å². The maximum Gasteiger partial charge on any atom is 0.232 e. The Hall–Kier alpha value is -1.57. The van der Waals surface area contributed by atoms with Gasteiger partial charge in [-0.2, -0.15) is 0 Å². The Labute approximate surface area is 166 Å². The number of para-hydroxylation sites is 1. The van der Waals surface area contributed by atoms with Crippen molar-refractivity contribution >= 4 is 40.6 Å². The molecule has 8 heteroatoms. The predicted octanol–water partition coefficient (Wildman–Crippen LogP) is 4.83. The number of thioether (sulfide) groups is 1. The van der Waals surface area contributed by atoms with Crippen molar-refractivity contribution in [3.63, 3.8) is 0 Å². The van der Waals surface area contributed by atoms with Crippen molar-refractivity contribution in [2.45, 2.75) is 37.1 Å². The number of aromatic nitrogens is 4. The van der Waals surface area contributed by atoms with E-state index in [0.717, 1.165) is 47.7 Å². The molecule has 0 spiro atoms. The zero-order chi connectivity index (χ0) is 17.9. The number of rotatable bonds is 6. The van der Waals surface area contributed by atoms with Crippen LogP contribution in [0.5, 0.6) is 0 Å². The third-order valence-corrected chi connectivity index (χ3v) is 6.67. The Kier molecular flexibility index (Phi) is 5.47. The summed E-state index contributed by atoms with van der Waals surface area (Å²) in [5.41, 5.74) is 2.02. The standard InChI is InChI=1S/C18H20ClN5S2/c1-2-16-20-13(11-25-16)12-26-18-22-21-17(23-9-5-6-10-23)24(18)15-8-4-3-7-14(15)19/h3-4,7-8,11H,2,5-6,9-10,12H2,1H3. The normalized spacial score (nSPS) is 14.3. The van der Waals surface area contributed by atoms with Gasteiger partial charge in [-0.3, -0.25) is 4.57 Å². The van der Waals surface area contributed by atoms with Gasteiger partial charge in [0.15, 0.2) is 5.16 Å². The van der Waals surface area contributed by atoms with E-state index in [2.05, 4.69) is 37.0 Å². The van der Waals surface area contributed by atoms with Crippen molar-refractivity contribution in [2.75, 3.05) is 18.0 Å². The van der Waals surface area contributed by atoms with E-state index in [4.69, 9.17) is 11.6 Å². The summed E-state index contributed by atoms with van der Waals surface area (Å²) in [4.78, 5) is 6.94. The summed E-state index contributed by atoms with van der Waals surface area (Å²) in [5, 5.41) is 13.8. The first-order valence-electron chi connectivity index (χ1n) is 8.77. The van der Waals surface area contributed by atoms with Gasteiger partial charge in [0.05, 0.1) is 21.4 Å². The highest BCUT2D eigenvalue weighted by atomic mass is 35.5. The molecule has 3 heterocycles. The maximum absolute atomic E-state index is 6.49. The second-order valence-corrected chi connectivity index (χ2v) is 8.43. The van der Waals surface area contributed by atoms with Crippen LogP contribution in [0, 0.1) is 0 Å². The summed E-state index contributed by atoms with van der Waals surface area (Å²) in [6.07, 6.45) is 3.36. The van der Waals surface area contributed by atoms with Gasteiger partial charge < -0.3 is 4.90 Å². The van der Waals surface area contributed by atoms with Gasteiger partial charge in [0.2, 0.25) is 5.95 Å². The van der Waals surface area contributed by atoms with Crippen LogP contribution in [-0.2, 0) is 12.2 Å². The van der Waals surface area contributed by atoms with Crippen molar-refractivity contribution in [1.29, 1.82) is 0 Å². The summed E-state index contributed by atoms with van der Waals surface area (Å²) in [6.45, 7) is 4.16. The average molecular weight is 406 g/mol. The van der Waals surface area contributed by atoms with Gasteiger partial charge in [-0.25, -0.2) is 4.98 Å². The summed E-state index contributed by atoms with van der Waals surface area (Å²) in [5.74, 6) is 1.66. The fourth-order valence-corrected chi connectivity index (χ4v) is 4.94. The number of nitrogens with zero attached hydrogens (tertiary/aromatic N) is 5. The molecule has 0 saturated carbocycles. The van der Waals surface area contributed by atoms with Crippen LogP contribution in [-0.4, -0.2) is 32.8 Å². The fourth-order valence-electron chi connectivity index (χ4n) is 3.04. The van der Waals surface area contributed by atoms with Gasteiger partial charge in [-0.15, -0.1) is 21.5 Å². The topological polar surface area (TPSA) is 46.8 Å². The summed E-state index contributed by atoms with van der Waals surface area (Å²) in [6, 6.07) is 7.87. The average Bonchev–Trinajstić information content (AvgIpc) is 3.40. The van der Waals surface area contributed by atoms with Crippen molar-refractivity contribution < 1.29 is 0 Å². The minimum atomic E-state index is 0.705. The van der Waals surface area contributed by atoms with E-state index in [0.29, 0.717) is 5.02 Å². The lowest BCUT2D eigenvalue weighted by molar-refractivity contribution is 0.841. The Bertz CT molecular complexity index is 885. The van der Waals surface area contributed by atoms with Gasteiger partial charge in [0, 0.05) is 24.2 Å². The second-order valence-electron chi connectivity index (χ2n) is 6.14. The van der Waals surface area contributed by atoms with Crippen molar-refractivity contribution in [3.8, 4) is 5.69 Å². The first-order valence-corrected chi connectivity index (χ1v) is 11.0. The highest BCUT2D eigenvalue weighted by Crippen LogP contribution is 2.33. The van der Waals surface area contributed by atoms with E-state index in [1.54, 1.807) is 23.1 Å². The van der Waals surface area contributed by atoms with Crippen LogP contribution >= 0.6 is 34.7 Å². The van der Waals surface area contributed by atoms with E-state index in [1.807, 2.05) is 24.3 Å². The van der Waals surface area contributed by atoms with Crippen LogP contribution in [0.4, 0.5) is 5.95 Å². The molecule has 2 aromatic heterocycles. The molecule has 4 rings (SSSR count). The van der Waals surface area contributed by atoms with Gasteiger partial charge >= 0.3 is 0 Å². The highest BCUT2D eigenvalue weighted by molar-refractivity contribution is 7.98. The number of thiazole rings is 1. The molecule has 0 aliphatic carbocycles. The molecule has 0 radical (unpaired) electrons. The molecule has 1 fully saturated rings. The third-order valence-electron chi connectivity index (χ3n) is 4.35. The van der Waals surface area contributed by atoms with Crippen LogP contribution in [0.1, 0.15) is 30.5 Å². The molecule has 0 bridgehead atoms. The first-order chi connectivity index (χ1) is 12.8. The molecule has 3 aromatic rings. The van der Waals surface area contributed by atoms with Crippen LogP contribution < -0.4 is 4.90 Å². The molecular weight excluding hydrogens is 386 g/mol. The molecular formula is C18H20ClN5S2. The molecule has 26 heavy (non-hydrogen) atoms. The van der Waals surface area contributed by atoms with Gasteiger partial charge in [-0.1, -0.05) is 42.4 Å².